The van der Waals surface area contributed by atoms with Crippen LogP contribution in [0.15, 0.2) is 24.3 Å². The van der Waals surface area contributed by atoms with Gasteiger partial charge in [0.05, 0.1) is 11.3 Å². The molecule has 0 atom stereocenters. The van der Waals surface area contributed by atoms with Gasteiger partial charge in [0.15, 0.2) is 0 Å². The van der Waals surface area contributed by atoms with Gasteiger partial charge in [0.25, 0.3) is 5.91 Å². The van der Waals surface area contributed by atoms with Crippen molar-refractivity contribution in [3.8, 4) is 11.5 Å². The highest BCUT2D eigenvalue weighted by Gasteiger charge is 2.25. The summed E-state index contributed by atoms with van der Waals surface area (Å²) in [5.74, 6) is 0.116. The SMILES string of the molecule is Cc1[nH]c(-c2nn[nH]n2)cc1C(=O)N1CCc2cc(F)ccc2C1. The van der Waals surface area contributed by atoms with Crippen LogP contribution in [0.3, 0.4) is 0 Å². The van der Waals surface area contributed by atoms with Gasteiger partial charge >= 0.3 is 0 Å². The van der Waals surface area contributed by atoms with Crippen LogP contribution in [0.1, 0.15) is 27.2 Å². The number of halogens is 1. The van der Waals surface area contributed by atoms with Crippen LogP contribution in [0.25, 0.3) is 11.5 Å². The van der Waals surface area contributed by atoms with E-state index >= 15 is 0 Å². The van der Waals surface area contributed by atoms with Crippen LogP contribution >= 0.6 is 0 Å². The third-order valence-corrected chi connectivity index (χ3v) is 4.30. The fourth-order valence-corrected chi connectivity index (χ4v) is 3.04. The predicted octanol–water partition coefficient (Wildman–Crippen LogP) is 1.84. The summed E-state index contributed by atoms with van der Waals surface area (Å²) in [6.07, 6.45) is 0.653. The fraction of sp³-hybridized carbons (Fsp3) is 0.250. The Morgan fingerprint density at radius 3 is 2.96 bits per heavy atom. The number of tetrazole rings is 1. The third kappa shape index (κ3) is 2.45. The molecule has 0 radical (unpaired) electrons. The Labute approximate surface area is 136 Å². The number of H-pyrrole nitrogens is 2. The monoisotopic (exact) mass is 326 g/mol. The normalized spacial score (nSPS) is 13.8. The van der Waals surface area contributed by atoms with Crippen LogP contribution in [0, 0.1) is 12.7 Å². The molecule has 3 heterocycles. The van der Waals surface area contributed by atoms with Gasteiger partial charge in [0, 0.05) is 18.8 Å². The standard InChI is InChI=1S/C16H15FN6O/c1-9-13(7-14(18-9)15-19-21-22-20-15)16(24)23-5-4-10-6-12(17)3-2-11(10)8-23/h2-3,6-7,18H,4-5,8H2,1H3,(H,19,20,21,22). The molecule has 0 saturated carbocycles. The Hall–Kier alpha value is -3.03. The summed E-state index contributed by atoms with van der Waals surface area (Å²) >= 11 is 0. The zero-order valence-corrected chi connectivity index (χ0v) is 13.0. The van der Waals surface area contributed by atoms with Crippen molar-refractivity contribution in [1.82, 2.24) is 30.5 Å². The van der Waals surface area contributed by atoms with E-state index in [4.69, 9.17) is 0 Å². The maximum Gasteiger partial charge on any atom is 0.256 e. The Kier molecular flexibility index (Phi) is 3.37. The number of aromatic nitrogens is 5. The molecule has 0 unspecified atom stereocenters. The van der Waals surface area contributed by atoms with E-state index in [0.29, 0.717) is 36.6 Å². The second-order valence-corrected chi connectivity index (χ2v) is 5.85. The minimum absolute atomic E-state index is 0.0616. The molecule has 8 heteroatoms. The van der Waals surface area contributed by atoms with Gasteiger partial charge in [0.1, 0.15) is 5.82 Å². The minimum Gasteiger partial charge on any atom is -0.355 e. The number of aromatic amines is 2. The fourth-order valence-electron chi connectivity index (χ4n) is 3.04. The molecule has 0 spiro atoms. The molecule has 0 aliphatic carbocycles. The van der Waals surface area contributed by atoms with E-state index in [1.54, 1.807) is 23.1 Å². The van der Waals surface area contributed by atoms with Crippen molar-refractivity contribution in [1.29, 1.82) is 0 Å². The van der Waals surface area contributed by atoms with Crippen LogP contribution in [-0.4, -0.2) is 43.0 Å². The van der Waals surface area contributed by atoms with E-state index < -0.39 is 0 Å². The van der Waals surface area contributed by atoms with Gasteiger partial charge in [-0.05, 0) is 47.9 Å². The van der Waals surface area contributed by atoms with Gasteiger partial charge in [0.2, 0.25) is 5.82 Å². The Morgan fingerprint density at radius 2 is 2.17 bits per heavy atom. The number of aryl methyl sites for hydroxylation is 1. The van der Waals surface area contributed by atoms with Crippen LogP contribution in [0.5, 0.6) is 0 Å². The molecular weight excluding hydrogens is 311 g/mol. The van der Waals surface area contributed by atoms with Crippen LogP contribution in [0.4, 0.5) is 4.39 Å². The van der Waals surface area contributed by atoms with Gasteiger partial charge in [-0.3, -0.25) is 4.79 Å². The molecule has 1 aliphatic heterocycles. The first-order valence-corrected chi connectivity index (χ1v) is 7.62. The first-order valence-electron chi connectivity index (χ1n) is 7.62. The maximum absolute atomic E-state index is 13.3. The quantitative estimate of drug-likeness (QED) is 0.752. The van der Waals surface area contributed by atoms with Gasteiger partial charge in [-0.15, -0.1) is 10.2 Å². The molecule has 24 heavy (non-hydrogen) atoms. The number of carbonyl (C=O) groups excluding carboxylic acids is 1. The van der Waals surface area contributed by atoms with Crippen molar-refractivity contribution >= 4 is 5.91 Å². The lowest BCUT2D eigenvalue weighted by Crippen LogP contribution is -2.36. The molecular formula is C16H15FN6O. The average molecular weight is 326 g/mol. The van der Waals surface area contributed by atoms with E-state index in [0.717, 1.165) is 16.8 Å². The summed E-state index contributed by atoms with van der Waals surface area (Å²) in [7, 11) is 0. The summed E-state index contributed by atoms with van der Waals surface area (Å²) in [4.78, 5) is 17.7. The molecule has 2 N–H and O–H groups in total. The van der Waals surface area contributed by atoms with Gasteiger partial charge < -0.3 is 9.88 Å². The van der Waals surface area contributed by atoms with Gasteiger partial charge in [-0.2, -0.15) is 5.21 Å². The molecule has 2 aromatic heterocycles. The lowest BCUT2D eigenvalue weighted by Gasteiger charge is -2.29. The first kappa shape index (κ1) is 14.6. The van der Waals surface area contributed by atoms with Crippen molar-refractivity contribution in [3.63, 3.8) is 0 Å². The number of amides is 1. The summed E-state index contributed by atoms with van der Waals surface area (Å²) in [6.45, 7) is 2.89. The number of benzene rings is 1. The molecule has 0 fully saturated rings. The minimum atomic E-state index is -0.236. The highest BCUT2D eigenvalue weighted by Crippen LogP contribution is 2.24. The van der Waals surface area contributed by atoms with Gasteiger partial charge in [-0.25, -0.2) is 4.39 Å². The molecule has 1 aromatic carbocycles. The Balaban J connectivity index is 1.60. The van der Waals surface area contributed by atoms with E-state index in [2.05, 4.69) is 25.6 Å². The van der Waals surface area contributed by atoms with E-state index in [1.165, 1.54) is 6.07 Å². The largest absolute Gasteiger partial charge is 0.355 e. The molecule has 3 aromatic rings. The lowest BCUT2D eigenvalue weighted by atomic mass is 9.99. The van der Waals surface area contributed by atoms with E-state index in [-0.39, 0.29) is 11.7 Å². The average Bonchev–Trinajstić information content (AvgIpc) is 3.23. The van der Waals surface area contributed by atoms with E-state index in [9.17, 15) is 9.18 Å². The Bertz CT molecular complexity index is 901. The lowest BCUT2D eigenvalue weighted by molar-refractivity contribution is 0.0734. The molecule has 0 saturated heterocycles. The number of carbonyl (C=O) groups is 1. The van der Waals surface area contributed by atoms with Crippen LogP contribution < -0.4 is 0 Å². The van der Waals surface area contributed by atoms with Crippen molar-refractivity contribution in [3.05, 3.63) is 52.5 Å². The van der Waals surface area contributed by atoms with Crippen molar-refractivity contribution in [2.45, 2.75) is 19.9 Å². The zero-order valence-electron chi connectivity index (χ0n) is 13.0. The summed E-state index contributed by atoms with van der Waals surface area (Å²) in [6, 6.07) is 6.47. The number of hydrogen-bond acceptors (Lipinski definition) is 4. The van der Waals surface area contributed by atoms with Crippen molar-refractivity contribution in [2.75, 3.05) is 6.54 Å². The van der Waals surface area contributed by atoms with E-state index in [1.807, 2.05) is 6.92 Å². The van der Waals surface area contributed by atoms with Gasteiger partial charge in [-0.1, -0.05) is 6.07 Å². The second kappa shape index (κ2) is 5.55. The number of fused-ring (bicyclic) bond motifs is 1. The number of nitrogens with one attached hydrogen (secondary N) is 2. The number of rotatable bonds is 2. The topological polar surface area (TPSA) is 90.6 Å². The predicted molar refractivity (Wildman–Crippen MR) is 83.5 cm³/mol. The Morgan fingerprint density at radius 1 is 1.29 bits per heavy atom. The molecule has 1 amide bonds. The van der Waals surface area contributed by atoms with Crippen LogP contribution in [0.2, 0.25) is 0 Å². The van der Waals surface area contributed by atoms with Crippen molar-refractivity contribution in [2.24, 2.45) is 0 Å². The summed E-state index contributed by atoms with van der Waals surface area (Å²) in [5.41, 5.74) is 3.94. The van der Waals surface area contributed by atoms with Crippen LogP contribution in [-0.2, 0) is 13.0 Å². The smallest absolute Gasteiger partial charge is 0.256 e. The maximum atomic E-state index is 13.3. The highest BCUT2D eigenvalue weighted by molar-refractivity contribution is 5.96. The zero-order chi connectivity index (χ0) is 16.7. The molecule has 0 bridgehead atoms. The molecule has 7 nitrogen and oxygen atoms in total. The summed E-state index contributed by atoms with van der Waals surface area (Å²) in [5, 5.41) is 13.7. The first-order chi connectivity index (χ1) is 11.6. The number of hydrogen-bond donors (Lipinski definition) is 2. The highest BCUT2D eigenvalue weighted by atomic mass is 19.1. The second-order valence-electron chi connectivity index (χ2n) is 5.85. The van der Waals surface area contributed by atoms with Crippen molar-refractivity contribution < 1.29 is 9.18 Å². The molecule has 1 aliphatic rings. The summed E-state index contributed by atoms with van der Waals surface area (Å²) < 4.78 is 13.3. The molecule has 4 rings (SSSR count). The molecule has 122 valence electrons. The third-order valence-electron chi connectivity index (χ3n) is 4.30. The number of nitrogens with zero attached hydrogens (tertiary/aromatic N) is 4.